The Bertz CT molecular complexity index is 746. The predicted octanol–water partition coefficient (Wildman–Crippen LogP) is 4.46. The first-order valence-electron chi connectivity index (χ1n) is 9.80. The molecule has 5 nitrogen and oxygen atoms in total. The second-order valence-corrected chi connectivity index (χ2v) is 7.70. The Morgan fingerprint density at radius 2 is 1.62 bits per heavy atom. The number of ether oxygens (including phenoxy) is 2. The molecule has 2 N–H and O–H groups in total. The van der Waals surface area contributed by atoms with Crippen LogP contribution in [-0.4, -0.2) is 30.0 Å². The fourth-order valence-electron chi connectivity index (χ4n) is 3.09. The van der Waals surface area contributed by atoms with Crippen molar-refractivity contribution in [3.8, 4) is 0 Å². The van der Waals surface area contributed by atoms with Crippen molar-refractivity contribution < 1.29 is 19.4 Å². The lowest BCUT2D eigenvalue weighted by Gasteiger charge is -2.38. The van der Waals surface area contributed by atoms with E-state index < -0.39 is 17.6 Å². The zero-order valence-corrected chi connectivity index (χ0v) is 17.2. The third-order valence-corrected chi connectivity index (χ3v) is 4.75. The van der Waals surface area contributed by atoms with Gasteiger partial charge in [0, 0.05) is 5.41 Å². The van der Waals surface area contributed by atoms with E-state index in [1.165, 1.54) is 0 Å². The molecular weight excluding hydrogens is 366 g/mol. The van der Waals surface area contributed by atoms with Crippen molar-refractivity contribution in [2.75, 3.05) is 6.61 Å². The number of aliphatic hydroxyl groups is 1. The average molecular weight is 398 g/mol. The molecule has 2 aromatic rings. The van der Waals surface area contributed by atoms with E-state index in [-0.39, 0.29) is 19.3 Å². The summed E-state index contributed by atoms with van der Waals surface area (Å²) in [4.78, 5) is 12.4. The summed E-state index contributed by atoms with van der Waals surface area (Å²) < 4.78 is 11.5. The second kappa shape index (κ2) is 11.4. The van der Waals surface area contributed by atoms with Crippen LogP contribution in [-0.2, 0) is 22.7 Å². The number of benzene rings is 2. The molecule has 2 rings (SSSR count). The van der Waals surface area contributed by atoms with Gasteiger partial charge in [0.2, 0.25) is 0 Å². The van der Waals surface area contributed by atoms with Crippen LogP contribution in [0.3, 0.4) is 0 Å². The van der Waals surface area contributed by atoms with Gasteiger partial charge in [-0.05, 0) is 17.5 Å². The zero-order valence-electron chi connectivity index (χ0n) is 17.2. The molecule has 0 aliphatic heterocycles. The Morgan fingerprint density at radius 1 is 1.07 bits per heavy atom. The predicted molar refractivity (Wildman–Crippen MR) is 114 cm³/mol. The molecule has 0 saturated carbocycles. The minimum atomic E-state index is -0.574. The first-order chi connectivity index (χ1) is 14.0. The molecule has 0 aliphatic carbocycles. The molecule has 0 saturated heterocycles. The molecule has 0 unspecified atom stereocenters. The summed E-state index contributed by atoms with van der Waals surface area (Å²) >= 11 is 0. The molecule has 0 spiro atoms. The number of rotatable bonds is 11. The number of carbonyl (C=O) groups excluding carboxylic acids is 1. The quantitative estimate of drug-likeness (QED) is 0.549. The molecule has 0 bridgehead atoms. The van der Waals surface area contributed by atoms with Crippen LogP contribution in [0.15, 0.2) is 73.3 Å². The highest BCUT2D eigenvalue weighted by atomic mass is 16.5. The summed E-state index contributed by atoms with van der Waals surface area (Å²) in [6, 6.07) is 18.9. The Labute approximate surface area is 173 Å². The fourth-order valence-corrected chi connectivity index (χ4v) is 3.09. The number of alkyl carbamates (subject to hydrolysis) is 1. The van der Waals surface area contributed by atoms with Gasteiger partial charge in [0.15, 0.2) is 0 Å². The molecule has 2 aromatic carbocycles. The van der Waals surface area contributed by atoms with Crippen LogP contribution in [0.4, 0.5) is 4.79 Å². The molecule has 5 heteroatoms. The summed E-state index contributed by atoms with van der Waals surface area (Å²) in [6.45, 7) is 8.11. The average Bonchev–Trinajstić information content (AvgIpc) is 2.74. The maximum Gasteiger partial charge on any atom is 0.407 e. The third-order valence-electron chi connectivity index (χ3n) is 4.75. The standard InChI is InChI=1S/C24H31NO4/c1-4-11-21(25-23(27)29-17-20-14-9-6-10-15-20)22(24(2,3)18-26)28-16-19-12-7-5-8-13-19/h4-10,12-15,21-22,26H,1,11,16-18H2,2-3H3,(H,25,27)/t21-,22+/m1/s1. The van der Waals surface area contributed by atoms with Crippen molar-refractivity contribution in [3.05, 3.63) is 84.4 Å². The largest absolute Gasteiger partial charge is 0.445 e. The third kappa shape index (κ3) is 7.37. The van der Waals surface area contributed by atoms with Crippen molar-refractivity contribution in [2.24, 2.45) is 5.41 Å². The van der Waals surface area contributed by atoms with Gasteiger partial charge in [-0.2, -0.15) is 0 Å². The number of nitrogens with one attached hydrogen (secondary N) is 1. The van der Waals surface area contributed by atoms with E-state index in [9.17, 15) is 9.90 Å². The summed E-state index contributed by atoms with van der Waals surface area (Å²) in [7, 11) is 0. The van der Waals surface area contributed by atoms with Gasteiger partial charge in [0.1, 0.15) is 6.61 Å². The highest BCUT2D eigenvalue weighted by Gasteiger charge is 2.37. The summed E-state index contributed by atoms with van der Waals surface area (Å²) in [5.41, 5.74) is 1.36. The SMILES string of the molecule is C=CC[C@@H](NC(=O)OCc1ccccc1)[C@H](OCc1ccccc1)C(C)(C)CO. The minimum Gasteiger partial charge on any atom is -0.445 e. The van der Waals surface area contributed by atoms with Gasteiger partial charge in [-0.15, -0.1) is 6.58 Å². The van der Waals surface area contributed by atoms with E-state index in [1.807, 2.05) is 74.5 Å². The maximum atomic E-state index is 12.4. The Balaban J connectivity index is 2.06. The number of aliphatic hydroxyl groups excluding tert-OH is 1. The molecule has 0 radical (unpaired) electrons. The lowest BCUT2D eigenvalue weighted by Crippen LogP contribution is -2.52. The summed E-state index contributed by atoms with van der Waals surface area (Å²) in [5.74, 6) is 0. The molecule has 156 valence electrons. The van der Waals surface area contributed by atoms with Crippen LogP contribution >= 0.6 is 0 Å². The second-order valence-electron chi connectivity index (χ2n) is 7.70. The number of amides is 1. The first kappa shape index (κ1) is 22.7. The normalized spacial score (nSPS) is 13.3. The van der Waals surface area contributed by atoms with E-state index in [1.54, 1.807) is 6.08 Å². The first-order valence-corrected chi connectivity index (χ1v) is 9.80. The van der Waals surface area contributed by atoms with Gasteiger partial charge < -0.3 is 19.9 Å². The van der Waals surface area contributed by atoms with Crippen molar-refractivity contribution in [1.82, 2.24) is 5.32 Å². The lowest BCUT2D eigenvalue weighted by molar-refractivity contribution is -0.0755. The van der Waals surface area contributed by atoms with Crippen LogP contribution < -0.4 is 5.32 Å². The van der Waals surface area contributed by atoms with Crippen molar-refractivity contribution in [1.29, 1.82) is 0 Å². The van der Waals surface area contributed by atoms with Crippen LogP contribution in [0.25, 0.3) is 0 Å². The summed E-state index contributed by atoms with van der Waals surface area (Å²) in [6.07, 6.45) is 1.26. The monoisotopic (exact) mass is 397 g/mol. The molecule has 2 atom stereocenters. The number of carbonyl (C=O) groups is 1. The fraction of sp³-hybridized carbons (Fsp3) is 0.375. The van der Waals surface area contributed by atoms with Gasteiger partial charge in [0.25, 0.3) is 0 Å². The van der Waals surface area contributed by atoms with E-state index in [0.29, 0.717) is 13.0 Å². The van der Waals surface area contributed by atoms with Gasteiger partial charge in [-0.25, -0.2) is 4.79 Å². The Hall–Kier alpha value is -2.63. The lowest BCUT2D eigenvalue weighted by atomic mass is 9.82. The van der Waals surface area contributed by atoms with Gasteiger partial charge in [-0.1, -0.05) is 80.6 Å². The van der Waals surface area contributed by atoms with Crippen LogP contribution in [0.2, 0.25) is 0 Å². The molecule has 0 fully saturated rings. The van der Waals surface area contributed by atoms with Crippen LogP contribution in [0.5, 0.6) is 0 Å². The molecular formula is C24H31NO4. The molecule has 29 heavy (non-hydrogen) atoms. The number of hydrogen-bond acceptors (Lipinski definition) is 4. The topological polar surface area (TPSA) is 67.8 Å². The van der Waals surface area contributed by atoms with E-state index in [4.69, 9.17) is 9.47 Å². The van der Waals surface area contributed by atoms with Crippen molar-refractivity contribution >= 4 is 6.09 Å². The van der Waals surface area contributed by atoms with E-state index in [2.05, 4.69) is 11.9 Å². The zero-order chi connectivity index (χ0) is 21.1. The minimum absolute atomic E-state index is 0.0825. The van der Waals surface area contributed by atoms with Gasteiger partial charge >= 0.3 is 6.09 Å². The van der Waals surface area contributed by atoms with Crippen molar-refractivity contribution in [3.63, 3.8) is 0 Å². The van der Waals surface area contributed by atoms with Gasteiger partial charge in [-0.3, -0.25) is 0 Å². The number of hydrogen-bond donors (Lipinski definition) is 2. The molecule has 0 aromatic heterocycles. The highest BCUT2D eigenvalue weighted by Crippen LogP contribution is 2.28. The molecule has 1 amide bonds. The van der Waals surface area contributed by atoms with Crippen molar-refractivity contribution in [2.45, 2.75) is 45.6 Å². The molecule has 0 aliphatic rings. The molecule has 0 heterocycles. The highest BCUT2D eigenvalue weighted by molar-refractivity contribution is 5.67. The van der Waals surface area contributed by atoms with Crippen LogP contribution in [0, 0.1) is 5.41 Å². The smallest absolute Gasteiger partial charge is 0.407 e. The van der Waals surface area contributed by atoms with E-state index in [0.717, 1.165) is 11.1 Å². The Kier molecular flexibility index (Phi) is 8.90. The summed E-state index contributed by atoms with van der Waals surface area (Å²) in [5, 5.41) is 12.8. The maximum absolute atomic E-state index is 12.4. The Morgan fingerprint density at radius 3 is 2.14 bits per heavy atom. The van der Waals surface area contributed by atoms with E-state index >= 15 is 0 Å². The van der Waals surface area contributed by atoms with Crippen LogP contribution in [0.1, 0.15) is 31.4 Å². The van der Waals surface area contributed by atoms with Gasteiger partial charge in [0.05, 0.1) is 25.4 Å².